The monoisotopic (exact) mass is 309 g/mol. The van der Waals surface area contributed by atoms with Gasteiger partial charge in [-0.1, -0.05) is 29.3 Å². The van der Waals surface area contributed by atoms with Crippen LogP contribution in [0.1, 0.15) is 5.56 Å². The van der Waals surface area contributed by atoms with Crippen molar-refractivity contribution < 1.29 is 4.74 Å². The number of nitriles is 1. The molecule has 2 aromatic rings. The smallest absolute Gasteiger partial charge is 0.147 e. The van der Waals surface area contributed by atoms with Crippen LogP contribution in [0.3, 0.4) is 0 Å². The fourth-order valence-electron chi connectivity index (χ4n) is 1.55. The van der Waals surface area contributed by atoms with E-state index in [4.69, 9.17) is 27.9 Å². The molecule has 0 aromatic heterocycles. The van der Waals surface area contributed by atoms with Crippen molar-refractivity contribution in [3.05, 3.63) is 52.0 Å². The van der Waals surface area contributed by atoms with Crippen molar-refractivity contribution in [1.82, 2.24) is 0 Å². The fourth-order valence-corrected chi connectivity index (χ4v) is 2.43. The molecule has 2 nitrogen and oxygen atoms in total. The van der Waals surface area contributed by atoms with Crippen molar-refractivity contribution in [3.8, 4) is 17.6 Å². The minimum atomic E-state index is 0.434. The van der Waals surface area contributed by atoms with Crippen LogP contribution in [0.15, 0.2) is 41.3 Å². The van der Waals surface area contributed by atoms with Gasteiger partial charge in [0.15, 0.2) is 0 Å². The first kappa shape index (κ1) is 14.1. The lowest BCUT2D eigenvalue weighted by Gasteiger charge is -2.11. The van der Waals surface area contributed by atoms with Crippen molar-refractivity contribution in [1.29, 1.82) is 5.26 Å². The highest BCUT2D eigenvalue weighted by Crippen LogP contribution is 2.35. The van der Waals surface area contributed by atoms with Crippen LogP contribution in [-0.4, -0.2) is 6.26 Å². The van der Waals surface area contributed by atoms with Gasteiger partial charge in [-0.2, -0.15) is 5.26 Å². The highest BCUT2D eigenvalue weighted by molar-refractivity contribution is 7.98. The maximum absolute atomic E-state index is 9.23. The number of hydrogen-bond acceptors (Lipinski definition) is 3. The molecule has 0 atom stereocenters. The molecule has 0 fully saturated rings. The highest BCUT2D eigenvalue weighted by atomic mass is 35.5. The Morgan fingerprint density at radius 2 is 1.95 bits per heavy atom. The molecule has 0 aliphatic carbocycles. The molecule has 0 aliphatic heterocycles. The Bertz CT molecular complexity index is 652. The third-order valence-corrected chi connectivity index (χ3v) is 3.76. The Morgan fingerprint density at radius 3 is 2.63 bits per heavy atom. The molecule has 0 bridgehead atoms. The van der Waals surface area contributed by atoms with Gasteiger partial charge in [0.2, 0.25) is 0 Å². The summed E-state index contributed by atoms with van der Waals surface area (Å²) in [5.41, 5.74) is 0.492. The summed E-state index contributed by atoms with van der Waals surface area (Å²) in [6.45, 7) is 0. The van der Waals surface area contributed by atoms with E-state index in [2.05, 4.69) is 6.07 Å². The average molecular weight is 310 g/mol. The molecule has 0 amide bonds. The van der Waals surface area contributed by atoms with Crippen LogP contribution < -0.4 is 4.74 Å². The summed E-state index contributed by atoms with van der Waals surface area (Å²) < 4.78 is 5.70. The Labute approximate surface area is 125 Å². The molecule has 0 heterocycles. The molecular formula is C14H9Cl2NOS. The molecule has 0 radical (unpaired) electrons. The number of hydrogen-bond donors (Lipinski definition) is 0. The van der Waals surface area contributed by atoms with Crippen molar-refractivity contribution >= 4 is 35.0 Å². The van der Waals surface area contributed by atoms with Gasteiger partial charge in [-0.15, -0.1) is 11.8 Å². The zero-order chi connectivity index (χ0) is 13.8. The SMILES string of the molecule is CSc1cccc(Oc2cc(Cl)ccc2Cl)c1C#N. The normalized spacial score (nSPS) is 10.0. The lowest BCUT2D eigenvalue weighted by molar-refractivity contribution is 0.480. The van der Waals surface area contributed by atoms with Crippen LogP contribution in [0.2, 0.25) is 10.0 Å². The predicted molar refractivity (Wildman–Crippen MR) is 79.5 cm³/mol. The van der Waals surface area contributed by atoms with Crippen LogP contribution in [-0.2, 0) is 0 Å². The average Bonchev–Trinajstić information content (AvgIpc) is 2.42. The van der Waals surface area contributed by atoms with E-state index in [0.29, 0.717) is 27.1 Å². The first-order valence-electron chi connectivity index (χ1n) is 5.35. The summed E-state index contributed by atoms with van der Waals surface area (Å²) in [5, 5.41) is 10.2. The van der Waals surface area contributed by atoms with Crippen LogP contribution in [0.5, 0.6) is 11.5 Å². The van der Waals surface area contributed by atoms with Gasteiger partial charge in [-0.25, -0.2) is 0 Å². The van der Waals surface area contributed by atoms with E-state index >= 15 is 0 Å². The Balaban J connectivity index is 2.44. The van der Waals surface area contributed by atoms with Crippen LogP contribution in [0.25, 0.3) is 0 Å². The molecule has 0 aliphatic rings. The summed E-state index contributed by atoms with van der Waals surface area (Å²) in [6.07, 6.45) is 1.91. The second-order valence-electron chi connectivity index (χ2n) is 3.62. The van der Waals surface area contributed by atoms with Crippen molar-refractivity contribution in [2.24, 2.45) is 0 Å². The number of ether oxygens (including phenoxy) is 1. The molecule has 19 heavy (non-hydrogen) atoms. The summed E-state index contributed by atoms with van der Waals surface area (Å²) in [7, 11) is 0. The van der Waals surface area contributed by atoms with E-state index in [0.717, 1.165) is 4.90 Å². The second kappa shape index (κ2) is 6.21. The van der Waals surface area contributed by atoms with Gasteiger partial charge in [0.25, 0.3) is 0 Å². The van der Waals surface area contributed by atoms with Gasteiger partial charge in [0, 0.05) is 16.0 Å². The summed E-state index contributed by atoms with van der Waals surface area (Å²) >= 11 is 13.4. The maximum Gasteiger partial charge on any atom is 0.147 e. The summed E-state index contributed by atoms with van der Waals surface area (Å²) in [4.78, 5) is 0.859. The van der Waals surface area contributed by atoms with E-state index in [1.165, 1.54) is 11.8 Å². The number of nitrogens with zero attached hydrogens (tertiary/aromatic N) is 1. The van der Waals surface area contributed by atoms with Crippen molar-refractivity contribution in [3.63, 3.8) is 0 Å². The van der Waals surface area contributed by atoms with Crippen LogP contribution in [0, 0.1) is 11.3 Å². The van der Waals surface area contributed by atoms with E-state index in [1.54, 1.807) is 24.3 Å². The highest BCUT2D eigenvalue weighted by Gasteiger charge is 2.11. The van der Waals surface area contributed by atoms with Gasteiger partial charge in [-0.05, 0) is 30.5 Å². The third kappa shape index (κ3) is 3.16. The number of benzene rings is 2. The maximum atomic E-state index is 9.23. The van der Waals surface area contributed by atoms with E-state index in [9.17, 15) is 5.26 Å². The van der Waals surface area contributed by atoms with Gasteiger partial charge >= 0.3 is 0 Å². The van der Waals surface area contributed by atoms with Crippen molar-refractivity contribution in [2.75, 3.05) is 6.26 Å². The zero-order valence-corrected chi connectivity index (χ0v) is 12.3. The Morgan fingerprint density at radius 1 is 1.16 bits per heavy atom. The van der Waals surface area contributed by atoms with E-state index in [-0.39, 0.29) is 0 Å². The molecule has 0 spiro atoms. The van der Waals surface area contributed by atoms with E-state index in [1.807, 2.05) is 18.4 Å². The number of rotatable bonds is 3. The summed E-state index contributed by atoms with van der Waals surface area (Å²) in [6, 6.07) is 12.5. The standard InChI is InChI=1S/C14H9Cl2NOS/c1-19-14-4-2-3-12(10(14)8-17)18-13-7-9(15)5-6-11(13)16/h2-7H,1H3. The molecule has 0 unspecified atom stereocenters. The quantitative estimate of drug-likeness (QED) is 0.714. The summed E-state index contributed by atoms with van der Waals surface area (Å²) in [5.74, 6) is 0.905. The lowest BCUT2D eigenvalue weighted by atomic mass is 10.2. The third-order valence-electron chi connectivity index (χ3n) is 2.43. The van der Waals surface area contributed by atoms with Gasteiger partial charge < -0.3 is 4.74 Å². The first-order chi connectivity index (χ1) is 9.15. The Kier molecular flexibility index (Phi) is 4.60. The first-order valence-corrected chi connectivity index (χ1v) is 7.33. The molecule has 5 heteroatoms. The lowest BCUT2D eigenvalue weighted by Crippen LogP contribution is -1.91. The Hall–Kier alpha value is -1.34. The molecule has 2 aromatic carbocycles. The topological polar surface area (TPSA) is 33.0 Å². The van der Waals surface area contributed by atoms with Gasteiger partial charge in [0.05, 0.1) is 5.02 Å². The number of halogens is 2. The largest absolute Gasteiger partial charge is 0.454 e. The fraction of sp³-hybridized carbons (Fsp3) is 0.0714. The molecule has 0 N–H and O–H groups in total. The zero-order valence-electron chi connectivity index (χ0n) is 9.98. The van der Waals surface area contributed by atoms with Gasteiger partial charge in [0.1, 0.15) is 23.1 Å². The number of thioether (sulfide) groups is 1. The molecule has 0 saturated carbocycles. The van der Waals surface area contributed by atoms with Crippen LogP contribution >= 0.6 is 35.0 Å². The minimum absolute atomic E-state index is 0.434. The molecule has 0 saturated heterocycles. The predicted octanol–water partition coefficient (Wildman–Crippen LogP) is 5.38. The molecule has 96 valence electrons. The molecular weight excluding hydrogens is 301 g/mol. The molecule has 2 rings (SSSR count). The van der Waals surface area contributed by atoms with Crippen molar-refractivity contribution in [2.45, 2.75) is 4.90 Å². The van der Waals surface area contributed by atoms with E-state index < -0.39 is 0 Å². The van der Waals surface area contributed by atoms with Gasteiger partial charge in [-0.3, -0.25) is 0 Å². The minimum Gasteiger partial charge on any atom is -0.454 e. The second-order valence-corrected chi connectivity index (χ2v) is 5.31. The van der Waals surface area contributed by atoms with Crippen LogP contribution in [0.4, 0.5) is 0 Å².